The van der Waals surface area contributed by atoms with Gasteiger partial charge in [0.2, 0.25) is 23.6 Å². The summed E-state index contributed by atoms with van der Waals surface area (Å²) in [6.07, 6.45) is 5.90. The van der Waals surface area contributed by atoms with Gasteiger partial charge in [0, 0.05) is 45.1 Å². The van der Waals surface area contributed by atoms with E-state index in [-0.39, 0.29) is 57.2 Å². The maximum Gasteiger partial charge on any atom is 2.00 e. The minimum atomic E-state index is -0.750. The number of hydrogen-bond donors (Lipinski definition) is 0. The predicted molar refractivity (Wildman–Crippen MR) is 279 cm³/mol. The van der Waals surface area contributed by atoms with Gasteiger partial charge in [-0.25, -0.2) is 0 Å². The fourth-order valence-electron chi connectivity index (χ4n) is 5.87. The SMILES string of the molecule is CC(/C=C(/C)[O-])=Nc1cccc(-c2nnc(-c3cccc(N=C(C)/C=C(/C)[O-])c3)o2)c1.CC(/C=C(/C)[O-])=Nc1cccc(-c2nnc(-c3cccc(N=C(C)/C=C(/C)[O-])c3)o2)c1.ClC(Cl)Cl.ClC(Cl)Cl.[Cu+2].[Cu+2]. The van der Waals surface area contributed by atoms with Crippen LogP contribution in [0.2, 0.25) is 0 Å². The third kappa shape index (κ3) is 25.9. The predicted octanol–water partition coefficient (Wildman–Crippen LogP) is 12.2. The number of allylic oxidation sites excluding steroid dienone is 8. The number of nitrogens with zero attached hydrogens (tertiary/aromatic N) is 8. The summed E-state index contributed by atoms with van der Waals surface area (Å²) in [7, 11) is 0. The number of benzene rings is 4. The minimum absolute atomic E-state index is 0. The van der Waals surface area contributed by atoms with Gasteiger partial charge in [-0.05, 0) is 100 Å². The van der Waals surface area contributed by atoms with Crippen LogP contribution in [0, 0.1) is 0 Å². The molecule has 4 aromatic carbocycles. The van der Waals surface area contributed by atoms with E-state index < -0.39 is 8.59 Å². The van der Waals surface area contributed by atoms with Gasteiger partial charge < -0.3 is 29.3 Å². The van der Waals surface area contributed by atoms with Gasteiger partial charge in [0.15, 0.2) is 8.59 Å². The van der Waals surface area contributed by atoms with Crippen molar-refractivity contribution in [3.8, 4) is 45.8 Å². The average Bonchev–Trinajstić information content (AvgIpc) is 3.95. The van der Waals surface area contributed by atoms with Crippen LogP contribution >= 0.6 is 69.6 Å². The number of alkyl halides is 6. The first kappa shape index (κ1) is 64.8. The van der Waals surface area contributed by atoms with Gasteiger partial charge in [0.05, 0.1) is 22.7 Å². The molecule has 0 aliphatic heterocycles. The van der Waals surface area contributed by atoms with Crippen molar-refractivity contribution in [1.82, 2.24) is 20.4 Å². The third-order valence-electron chi connectivity index (χ3n) is 8.09. The largest absolute Gasteiger partial charge is 2.00 e. The standard InChI is InChI=1S/2C24H24N4O3.2CHCl3.2Cu/c2*1-15(11-17(3)29)25-21-9-5-7-19(13-21)23-27-28-24(31-23)20-8-6-10-22(14-20)26-16(2)12-18(4)30;2*2-1(3)4;;/h2*5-14,29-30H,1-4H3;2*1H;;/q;;;;2*+2/p-4/b2*17-11-,18-12-,25-15?,26-16?;;;;. The van der Waals surface area contributed by atoms with E-state index >= 15 is 0 Å². The maximum absolute atomic E-state index is 11.2. The number of halogens is 6. The second-order valence-electron chi connectivity index (χ2n) is 14.6. The normalized spacial score (nSPS) is 12.7. The molecular formula is C50H46Cl6Cu2N8O6. The van der Waals surface area contributed by atoms with Crippen LogP contribution < -0.4 is 20.4 Å². The van der Waals surface area contributed by atoms with Crippen molar-refractivity contribution in [2.75, 3.05) is 0 Å². The Morgan fingerprint density at radius 1 is 0.389 bits per heavy atom. The van der Waals surface area contributed by atoms with Crippen LogP contribution in [0.15, 0.2) is 173 Å². The molecule has 2 aromatic heterocycles. The first-order valence-electron chi connectivity index (χ1n) is 20.6. The summed E-state index contributed by atoms with van der Waals surface area (Å²) in [5, 5.41) is 61.4. The Bertz CT molecular complexity index is 2530. The molecule has 0 fully saturated rings. The fourth-order valence-corrected chi connectivity index (χ4v) is 5.87. The van der Waals surface area contributed by atoms with E-state index in [1.165, 1.54) is 52.0 Å². The molecular weight excluding hydrogens is 1150 g/mol. The van der Waals surface area contributed by atoms with Gasteiger partial charge in [0.25, 0.3) is 0 Å². The van der Waals surface area contributed by atoms with Gasteiger partial charge in [-0.3, -0.25) is 20.0 Å². The molecule has 6 rings (SSSR count). The van der Waals surface area contributed by atoms with Gasteiger partial charge in [-0.2, -0.15) is 0 Å². The van der Waals surface area contributed by atoms with Gasteiger partial charge in [0.1, 0.15) is 0 Å². The van der Waals surface area contributed by atoms with Gasteiger partial charge in [-0.15, -0.1) is 43.4 Å². The summed E-state index contributed by atoms with van der Waals surface area (Å²) in [6, 6.07) is 29.3. The third-order valence-corrected chi connectivity index (χ3v) is 8.09. The maximum atomic E-state index is 11.2. The van der Waals surface area contributed by atoms with Crippen molar-refractivity contribution < 1.29 is 63.4 Å². The molecule has 0 N–H and O–H groups in total. The first-order valence-corrected chi connectivity index (χ1v) is 23.2. The summed E-state index contributed by atoms with van der Waals surface area (Å²) >= 11 is 28.8. The van der Waals surface area contributed by atoms with Crippen LogP contribution in [-0.2, 0) is 34.1 Å². The van der Waals surface area contributed by atoms with E-state index in [2.05, 4.69) is 40.4 Å². The Morgan fingerprint density at radius 3 is 0.736 bits per heavy atom. The molecule has 6 aromatic rings. The molecule has 386 valence electrons. The molecule has 0 saturated carbocycles. The average molecular weight is 1190 g/mol. The second kappa shape index (κ2) is 33.5. The Balaban J connectivity index is 0.000000611. The summed E-state index contributed by atoms with van der Waals surface area (Å²) < 4.78 is 10.2. The molecule has 14 nitrogen and oxygen atoms in total. The second-order valence-corrected chi connectivity index (χ2v) is 18.5. The Morgan fingerprint density at radius 2 is 0.569 bits per heavy atom. The van der Waals surface area contributed by atoms with Crippen LogP contribution in [0.1, 0.15) is 55.4 Å². The van der Waals surface area contributed by atoms with Crippen LogP contribution in [-0.4, -0.2) is 51.8 Å². The van der Waals surface area contributed by atoms with Crippen LogP contribution in [0.25, 0.3) is 45.8 Å². The Hall–Kier alpha value is -5.22. The Labute approximate surface area is 469 Å². The summed E-state index contributed by atoms with van der Waals surface area (Å²) in [5.74, 6) is 1.20. The zero-order valence-electron chi connectivity index (χ0n) is 39.6. The van der Waals surface area contributed by atoms with E-state index in [9.17, 15) is 20.4 Å². The summed E-state index contributed by atoms with van der Waals surface area (Å²) in [6.45, 7) is 13.0. The topological polar surface area (TPSA) is 220 Å². The van der Waals surface area contributed by atoms with Gasteiger partial charge >= 0.3 is 34.1 Å². The molecule has 0 saturated heterocycles. The van der Waals surface area contributed by atoms with Crippen molar-refractivity contribution in [3.63, 3.8) is 0 Å². The van der Waals surface area contributed by atoms with Crippen LogP contribution in [0.3, 0.4) is 0 Å². The van der Waals surface area contributed by atoms with Crippen molar-refractivity contribution in [1.29, 1.82) is 0 Å². The van der Waals surface area contributed by atoms with E-state index in [0.29, 0.717) is 69.2 Å². The van der Waals surface area contributed by atoms with Crippen molar-refractivity contribution in [3.05, 3.63) is 144 Å². The van der Waals surface area contributed by atoms with Crippen LogP contribution in [0.5, 0.6) is 0 Å². The fraction of sp³-hybridized carbons (Fsp3) is 0.200. The van der Waals surface area contributed by atoms with E-state index in [4.69, 9.17) is 78.4 Å². The van der Waals surface area contributed by atoms with E-state index in [1.807, 2.05) is 97.1 Å². The van der Waals surface area contributed by atoms with E-state index in [0.717, 1.165) is 22.3 Å². The number of hydrogen-bond acceptors (Lipinski definition) is 14. The molecule has 0 amide bonds. The van der Waals surface area contributed by atoms with Crippen molar-refractivity contribution in [2.24, 2.45) is 20.0 Å². The molecule has 0 bridgehead atoms. The Kier molecular flexibility index (Phi) is 30.1. The molecule has 2 heterocycles. The number of aromatic nitrogens is 4. The molecule has 72 heavy (non-hydrogen) atoms. The monoisotopic (exact) mass is 1190 g/mol. The minimum Gasteiger partial charge on any atom is -0.876 e. The van der Waals surface area contributed by atoms with Gasteiger partial charge in [-0.1, -0.05) is 146 Å². The number of aliphatic imine (C=N–C) groups is 4. The van der Waals surface area contributed by atoms with Crippen molar-refractivity contribution >= 4 is 115 Å². The zero-order chi connectivity index (χ0) is 51.9. The molecule has 0 unspecified atom stereocenters. The quantitative estimate of drug-likeness (QED) is 0.0488. The molecule has 0 aliphatic carbocycles. The number of rotatable bonds is 12. The molecule has 22 heteroatoms. The van der Waals surface area contributed by atoms with Crippen LogP contribution in [0.4, 0.5) is 22.7 Å². The molecule has 0 spiro atoms. The van der Waals surface area contributed by atoms with E-state index in [1.54, 1.807) is 27.7 Å². The molecule has 2 radical (unpaired) electrons. The molecule has 0 aliphatic rings. The zero-order valence-corrected chi connectivity index (χ0v) is 46.0. The van der Waals surface area contributed by atoms with Crippen molar-refractivity contribution in [2.45, 2.75) is 64.0 Å². The summed E-state index contributed by atoms with van der Waals surface area (Å²) in [5.41, 5.74) is 8.07. The smallest absolute Gasteiger partial charge is 0.876 e. The molecule has 0 atom stereocenters. The summed E-state index contributed by atoms with van der Waals surface area (Å²) in [4.78, 5) is 17.7. The first-order chi connectivity index (χ1) is 33.1.